The minimum Gasteiger partial charge on any atom is -0.480 e. The number of halogens is 1. The first-order valence-corrected chi connectivity index (χ1v) is 5.91. The third kappa shape index (κ3) is 2.57. The smallest absolute Gasteiger partial charge is 0.328 e. The zero-order valence-corrected chi connectivity index (χ0v) is 10.8. The molecule has 3 N–H and O–H groups in total. The van der Waals surface area contributed by atoms with Crippen molar-refractivity contribution in [3.05, 3.63) is 29.0 Å². The summed E-state index contributed by atoms with van der Waals surface area (Å²) in [5, 5.41) is 21.2. The fourth-order valence-corrected chi connectivity index (χ4v) is 1.86. The lowest BCUT2D eigenvalue weighted by Gasteiger charge is -2.13. The molecule has 0 saturated carbocycles. The van der Waals surface area contributed by atoms with Crippen LogP contribution < -0.4 is 5.32 Å². The quantitative estimate of drug-likeness (QED) is 0.786. The van der Waals surface area contributed by atoms with Crippen molar-refractivity contribution in [1.82, 2.24) is 9.97 Å². The van der Waals surface area contributed by atoms with Crippen LogP contribution in [0.1, 0.15) is 0 Å². The Labute approximate surface area is 111 Å². The topological polar surface area (TPSA) is 95.3 Å². The maximum atomic E-state index is 10.9. The number of fused-ring (bicyclic) bond motifs is 1. The van der Waals surface area contributed by atoms with E-state index in [1.54, 1.807) is 12.1 Å². The Bertz CT molecular complexity index is 591. The molecule has 0 bridgehead atoms. The van der Waals surface area contributed by atoms with Crippen molar-refractivity contribution in [3.8, 4) is 0 Å². The van der Waals surface area contributed by atoms with Gasteiger partial charge in [0.05, 0.1) is 12.1 Å². The van der Waals surface area contributed by atoms with E-state index in [9.17, 15) is 4.79 Å². The van der Waals surface area contributed by atoms with E-state index in [0.29, 0.717) is 16.7 Å². The first kappa shape index (κ1) is 12.7. The van der Waals surface area contributed by atoms with Crippen LogP contribution in [0.3, 0.4) is 0 Å². The first-order chi connectivity index (χ1) is 8.61. The van der Waals surface area contributed by atoms with Crippen molar-refractivity contribution in [2.75, 3.05) is 11.9 Å². The largest absolute Gasteiger partial charge is 0.480 e. The van der Waals surface area contributed by atoms with Crippen molar-refractivity contribution < 1.29 is 15.0 Å². The Morgan fingerprint density at radius 2 is 2.22 bits per heavy atom. The molecule has 1 aromatic carbocycles. The van der Waals surface area contributed by atoms with Gasteiger partial charge in [0, 0.05) is 9.86 Å². The summed E-state index contributed by atoms with van der Waals surface area (Å²) in [5.74, 6) is -0.762. The summed E-state index contributed by atoms with van der Waals surface area (Å²) >= 11 is 3.33. The Hall–Kier alpha value is -1.73. The SMILES string of the molecule is O=C(O)C(CO)Nc1ncnc2ccc(Br)cc12. The summed E-state index contributed by atoms with van der Waals surface area (Å²) in [6.07, 6.45) is 1.34. The van der Waals surface area contributed by atoms with Gasteiger partial charge in [0.1, 0.15) is 18.2 Å². The minimum absolute atomic E-state index is 0.378. The number of nitrogens with zero attached hydrogens (tertiary/aromatic N) is 2. The molecule has 0 aliphatic heterocycles. The van der Waals surface area contributed by atoms with Crippen LogP contribution >= 0.6 is 15.9 Å². The number of benzene rings is 1. The van der Waals surface area contributed by atoms with Crippen LogP contribution in [0.15, 0.2) is 29.0 Å². The number of hydrogen-bond acceptors (Lipinski definition) is 5. The van der Waals surface area contributed by atoms with Crippen LogP contribution in [-0.2, 0) is 4.79 Å². The third-order valence-electron chi connectivity index (χ3n) is 2.39. The van der Waals surface area contributed by atoms with E-state index in [1.165, 1.54) is 6.33 Å². The Morgan fingerprint density at radius 3 is 2.89 bits per heavy atom. The fourth-order valence-electron chi connectivity index (χ4n) is 1.49. The number of carboxylic acid groups (broad SMARTS) is 1. The summed E-state index contributed by atoms with van der Waals surface area (Å²) in [4.78, 5) is 18.9. The molecular weight excluding hydrogens is 302 g/mol. The van der Waals surface area contributed by atoms with Crippen LogP contribution in [0, 0.1) is 0 Å². The Morgan fingerprint density at radius 1 is 1.44 bits per heavy atom. The molecule has 1 aromatic heterocycles. The molecule has 7 heteroatoms. The number of aliphatic carboxylic acids is 1. The molecule has 0 spiro atoms. The molecule has 0 fully saturated rings. The molecule has 1 heterocycles. The predicted molar refractivity (Wildman–Crippen MR) is 69.4 cm³/mol. The van der Waals surface area contributed by atoms with Gasteiger partial charge in [-0.2, -0.15) is 0 Å². The monoisotopic (exact) mass is 311 g/mol. The number of aliphatic hydroxyl groups excluding tert-OH is 1. The number of aromatic nitrogens is 2. The van der Waals surface area contributed by atoms with Crippen LogP contribution in [0.25, 0.3) is 10.9 Å². The molecule has 0 saturated heterocycles. The van der Waals surface area contributed by atoms with Crippen molar-refractivity contribution in [2.45, 2.75) is 6.04 Å². The average molecular weight is 312 g/mol. The lowest BCUT2D eigenvalue weighted by Crippen LogP contribution is -2.33. The highest BCUT2D eigenvalue weighted by atomic mass is 79.9. The third-order valence-corrected chi connectivity index (χ3v) is 2.88. The van der Waals surface area contributed by atoms with Gasteiger partial charge in [-0.3, -0.25) is 0 Å². The number of rotatable bonds is 4. The van der Waals surface area contributed by atoms with Gasteiger partial charge in [-0.15, -0.1) is 0 Å². The van der Waals surface area contributed by atoms with E-state index < -0.39 is 18.6 Å². The molecule has 0 aliphatic rings. The highest BCUT2D eigenvalue weighted by molar-refractivity contribution is 9.10. The zero-order valence-electron chi connectivity index (χ0n) is 9.17. The van der Waals surface area contributed by atoms with E-state index in [1.807, 2.05) is 6.07 Å². The molecule has 1 atom stereocenters. The second-order valence-electron chi connectivity index (χ2n) is 3.60. The number of hydrogen-bond donors (Lipinski definition) is 3. The molecule has 1 unspecified atom stereocenters. The fraction of sp³-hybridized carbons (Fsp3) is 0.182. The molecule has 0 aliphatic carbocycles. The predicted octanol–water partition coefficient (Wildman–Crippen LogP) is 1.25. The lowest BCUT2D eigenvalue weighted by molar-refractivity contribution is -0.138. The van der Waals surface area contributed by atoms with Crippen LogP contribution in [-0.4, -0.2) is 38.8 Å². The van der Waals surface area contributed by atoms with E-state index in [-0.39, 0.29) is 0 Å². The normalized spacial score (nSPS) is 12.3. The van der Waals surface area contributed by atoms with Crippen molar-refractivity contribution >= 4 is 38.6 Å². The molecule has 6 nitrogen and oxygen atoms in total. The maximum absolute atomic E-state index is 10.9. The molecule has 2 rings (SSSR count). The van der Waals surface area contributed by atoms with Crippen molar-refractivity contribution in [1.29, 1.82) is 0 Å². The van der Waals surface area contributed by atoms with Gasteiger partial charge in [-0.05, 0) is 18.2 Å². The van der Waals surface area contributed by atoms with E-state index in [0.717, 1.165) is 4.47 Å². The minimum atomic E-state index is -1.14. The van der Waals surface area contributed by atoms with Gasteiger partial charge in [-0.1, -0.05) is 15.9 Å². The highest BCUT2D eigenvalue weighted by Gasteiger charge is 2.17. The number of nitrogens with one attached hydrogen (secondary N) is 1. The van der Waals surface area contributed by atoms with Crippen molar-refractivity contribution in [3.63, 3.8) is 0 Å². The van der Waals surface area contributed by atoms with Gasteiger partial charge in [0.2, 0.25) is 0 Å². The van der Waals surface area contributed by atoms with Gasteiger partial charge in [0.25, 0.3) is 0 Å². The Balaban J connectivity index is 2.44. The Kier molecular flexibility index (Phi) is 3.73. The van der Waals surface area contributed by atoms with Gasteiger partial charge < -0.3 is 15.5 Å². The highest BCUT2D eigenvalue weighted by Crippen LogP contribution is 2.23. The molecule has 0 radical (unpaired) electrons. The standard InChI is InChI=1S/C11H10BrN3O3/c12-6-1-2-8-7(3-6)10(14-5-13-8)15-9(4-16)11(17)18/h1-3,5,9,16H,4H2,(H,17,18)(H,13,14,15). The van der Waals surface area contributed by atoms with E-state index in [2.05, 4.69) is 31.2 Å². The number of carboxylic acids is 1. The van der Waals surface area contributed by atoms with Gasteiger partial charge >= 0.3 is 5.97 Å². The van der Waals surface area contributed by atoms with Gasteiger partial charge in [-0.25, -0.2) is 14.8 Å². The zero-order chi connectivity index (χ0) is 13.1. The number of carbonyl (C=O) groups is 1. The molecule has 18 heavy (non-hydrogen) atoms. The molecular formula is C11H10BrN3O3. The van der Waals surface area contributed by atoms with Crippen LogP contribution in [0.5, 0.6) is 0 Å². The summed E-state index contributed by atoms with van der Waals surface area (Å²) in [6, 6.07) is 4.32. The lowest BCUT2D eigenvalue weighted by atomic mass is 10.2. The second-order valence-corrected chi connectivity index (χ2v) is 4.52. The summed E-state index contributed by atoms with van der Waals surface area (Å²) in [7, 11) is 0. The van der Waals surface area contributed by atoms with Crippen LogP contribution in [0.4, 0.5) is 5.82 Å². The number of aliphatic hydroxyl groups is 1. The van der Waals surface area contributed by atoms with Crippen molar-refractivity contribution in [2.24, 2.45) is 0 Å². The number of anilines is 1. The van der Waals surface area contributed by atoms with E-state index in [4.69, 9.17) is 10.2 Å². The van der Waals surface area contributed by atoms with E-state index >= 15 is 0 Å². The second kappa shape index (κ2) is 5.28. The summed E-state index contributed by atoms with van der Waals surface area (Å²) < 4.78 is 0.837. The molecule has 0 amide bonds. The summed E-state index contributed by atoms with van der Waals surface area (Å²) in [5.41, 5.74) is 0.692. The molecule has 2 aromatic rings. The summed E-state index contributed by atoms with van der Waals surface area (Å²) in [6.45, 7) is -0.519. The average Bonchev–Trinajstić information content (AvgIpc) is 2.35. The maximum Gasteiger partial charge on any atom is 0.328 e. The molecule has 94 valence electrons. The van der Waals surface area contributed by atoms with Crippen LogP contribution in [0.2, 0.25) is 0 Å². The first-order valence-electron chi connectivity index (χ1n) is 5.12. The van der Waals surface area contributed by atoms with Gasteiger partial charge in [0.15, 0.2) is 0 Å².